The summed E-state index contributed by atoms with van der Waals surface area (Å²) in [6.45, 7) is 5.81. The number of rotatable bonds is 5. The quantitative estimate of drug-likeness (QED) is 0.857. The molecule has 1 N–H and O–H groups in total. The second-order valence-electron chi connectivity index (χ2n) is 5.09. The number of aryl methyl sites for hydroxylation is 1. The van der Waals surface area contributed by atoms with Crippen molar-refractivity contribution in [2.45, 2.75) is 31.8 Å². The standard InChI is InChI=1S/C15H17FN2O2S/c1-9(2)13-7-17-15(21-8-14(19)20)18(13)12-5-4-10(3)6-11(12)16/h4-7,9H,8H2,1-3H3,(H,19,20). The van der Waals surface area contributed by atoms with Crippen LogP contribution in [0.25, 0.3) is 5.69 Å². The van der Waals surface area contributed by atoms with E-state index >= 15 is 0 Å². The van der Waals surface area contributed by atoms with Crippen LogP contribution in [0.4, 0.5) is 4.39 Å². The van der Waals surface area contributed by atoms with Crippen molar-refractivity contribution in [2.24, 2.45) is 0 Å². The van der Waals surface area contributed by atoms with Gasteiger partial charge in [0.15, 0.2) is 5.16 Å². The minimum absolute atomic E-state index is 0.109. The molecule has 0 atom stereocenters. The topological polar surface area (TPSA) is 55.1 Å². The molecule has 0 unspecified atom stereocenters. The van der Waals surface area contributed by atoms with Gasteiger partial charge in [0.1, 0.15) is 5.82 Å². The highest BCUT2D eigenvalue weighted by molar-refractivity contribution is 7.99. The third kappa shape index (κ3) is 3.44. The lowest BCUT2D eigenvalue weighted by atomic mass is 10.1. The summed E-state index contributed by atoms with van der Waals surface area (Å²) in [5, 5.41) is 9.30. The van der Waals surface area contributed by atoms with Crippen LogP contribution in [0.1, 0.15) is 31.0 Å². The first-order valence-electron chi connectivity index (χ1n) is 6.59. The van der Waals surface area contributed by atoms with Crippen molar-refractivity contribution in [1.29, 1.82) is 0 Å². The molecule has 1 aromatic carbocycles. The fourth-order valence-corrected chi connectivity index (χ4v) is 2.73. The van der Waals surface area contributed by atoms with Gasteiger partial charge in [0, 0.05) is 5.69 Å². The number of thioether (sulfide) groups is 1. The molecule has 0 amide bonds. The van der Waals surface area contributed by atoms with Crippen LogP contribution in [-0.2, 0) is 4.79 Å². The largest absolute Gasteiger partial charge is 0.481 e. The fourth-order valence-electron chi connectivity index (χ4n) is 2.02. The third-order valence-electron chi connectivity index (χ3n) is 3.02. The summed E-state index contributed by atoms with van der Waals surface area (Å²) in [5.74, 6) is -1.23. The van der Waals surface area contributed by atoms with Crippen molar-refractivity contribution in [3.05, 3.63) is 41.5 Å². The molecule has 112 valence electrons. The van der Waals surface area contributed by atoms with Gasteiger partial charge in [0.2, 0.25) is 0 Å². The van der Waals surface area contributed by atoms with E-state index in [1.54, 1.807) is 16.8 Å². The van der Waals surface area contributed by atoms with Crippen molar-refractivity contribution in [1.82, 2.24) is 9.55 Å². The van der Waals surface area contributed by atoms with Gasteiger partial charge in [-0.3, -0.25) is 9.36 Å². The lowest BCUT2D eigenvalue weighted by Crippen LogP contribution is -2.07. The molecule has 0 fully saturated rings. The second-order valence-corrected chi connectivity index (χ2v) is 6.04. The average molecular weight is 308 g/mol. The second kappa shape index (κ2) is 6.30. The molecule has 0 saturated carbocycles. The lowest BCUT2D eigenvalue weighted by Gasteiger charge is -2.14. The van der Waals surface area contributed by atoms with Crippen molar-refractivity contribution < 1.29 is 14.3 Å². The number of hydrogen-bond donors (Lipinski definition) is 1. The Labute approximate surface area is 127 Å². The van der Waals surface area contributed by atoms with Crippen LogP contribution in [0.5, 0.6) is 0 Å². The molecular weight excluding hydrogens is 291 g/mol. The molecule has 0 spiro atoms. The maximum atomic E-state index is 14.3. The lowest BCUT2D eigenvalue weighted by molar-refractivity contribution is -0.133. The number of carbonyl (C=O) groups is 1. The molecule has 0 aliphatic rings. The molecule has 0 saturated heterocycles. The van der Waals surface area contributed by atoms with Crippen LogP contribution in [-0.4, -0.2) is 26.4 Å². The number of halogens is 1. The van der Waals surface area contributed by atoms with Crippen molar-refractivity contribution in [2.75, 3.05) is 5.75 Å². The smallest absolute Gasteiger partial charge is 0.313 e. The van der Waals surface area contributed by atoms with Crippen molar-refractivity contribution in [3.8, 4) is 5.69 Å². The normalized spacial score (nSPS) is 11.1. The molecule has 0 bridgehead atoms. The molecule has 0 aliphatic heterocycles. The van der Waals surface area contributed by atoms with Gasteiger partial charge < -0.3 is 5.11 Å². The zero-order chi connectivity index (χ0) is 15.6. The van der Waals surface area contributed by atoms with Crippen LogP contribution in [0.15, 0.2) is 29.6 Å². The summed E-state index contributed by atoms with van der Waals surface area (Å²) in [4.78, 5) is 15.0. The molecule has 1 aromatic heterocycles. The van der Waals surface area contributed by atoms with Crippen LogP contribution in [0, 0.1) is 12.7 Å². The molecule has 0 radical (unpaired) electrons. The average Bonchev–Trinajstić information content (AvgIpc) is 2.80. The first-order chi connectivity index (χ1) is 9.90. The maximum absolute atomic E-state index is 14.3. The predicted molar refractivity (Wildman–Crippen MR) is 80.7 cm³/mol. The van der Waals surface area contributed by atoms with E-state index in [0.29, 0.717) is 10.8 Å². The van der Waals surface area contributed by atoms with E-state index in [1.807, 2.05) is 26.8 Å². The minimum Gasteiger partial charge on any atom is -0.481 e. The van der Waals surface area contributed by atoms with Gasteiger partial charge in [0.25, 0.3) is 0 Å². The highest BCUT2D eigenvalue weighted by Gasteiger charge is 2.18. The van der Waals surface area contributed by atoms with E-state index < -0.39 is 5.97 Å². The number of benzene rings is 1. The highest BCUT2D eigenvalue weighted by Crippen LogP contribution is 2.29. The van der Waals surface area contributed by atoms with E-state index in [0.717, 1.165) is 23.0 Å². The number of aromatic nitrogens is 2. The van der Waals surface area contributed by atoms with Crippen LogP contribution < -0.4 is 0 Å². The van der Waals surface area contributed by atoms with E-state index in [-0.39, 0.29) is 17.5 Å². The maximum Gasteiger partial charge on any atom is 0.313 e. The van der Waals surface area contributed by atoms with E-state index in [2.05, 4.69) is 4.98 Å². The summed E-state index contributed by atoms with van der Waals surface area (Å²) < 4.78 is 16.0. The number of hydrogen-bond acceptors (Lipinski definition) is 3. The monoisotopic (exact) mass is 308 g/mol. The molecule has 6 heteroatoms. The summed E-state index contributed by atoms with van der Waals surface area (Å²) in [6, 6.07) is 4.99. The van der Waals surface area contributed by atoms with E-state index in [4.69, 9.17) is 5.11 Å². The summed E-state index contributed by atoms with van der Waals surface area (Å²) in [7, 11) is 0. The zero-order valence-electron chi connectivity index (χ0n) is 12.1. The number of carboxylic acid groups (broad SMARTS) is 1. The Kier molecular flexibility index (Phi) is 4.67. The molecular formula is C15H17FN2O2S. The van der Waals surface area contributed by atoms with Gasteiger partial charge >= 0.3 is 5.97 Å². The minimum atomic E-state index is -0.926. The third-order valence-corrected chi connectivity index (χ3v) is 3.95. The predicted octanol–water partition coefficient (Wildman–Crippen LogP) is 3.62. The number of nitrogens with zero attached hydrogens (tertiary/aromatic N) is 2. The molecule has 4 nitrogen and oxygen atoms in total. The summed E-state index contributed by atoms with van der Waals surface area (Å²) in [6.07, 6.45) is 1.67. The summed E-state index contributed by atoms with van der Waals surface area (Å²) in [5.41, 5.74) is 2.09. The van der Waals surface area contributed by atoms with Gasteiger partial charge in [-0.15, -0.1) is 0 Å². The number of aliphatic carboxylic acids is 1. The van der Waals surface area contributed by atoms with Gasteiger partial charge in [0.05, 0.1) is 17.6 Å². The Bertz CT molecular complexity index is 668. The molecule has 2 aromatic rings. The fraction of sp³-hybridized carbons (Fsp3) is 0.333. The van der Waals surface area contributed by atoms with Crippen LogP contribution >= 0.6 is 11.8 Å². The Morgan fingerprint density at radius 2 is 2.19 bits per heavy atom. The SMILES string of the molecule is Cc1ccc(-n2c(C(C)C)cnc2SCC(=O)O)c(F)c1. The van der Waals surface area contributed by atoms with Gasteiger partial charge in [-0.1, -0.05) is 31.7 Å². The molecule has 2 rings (SSSR count). The van der Waals surface area contributed by atoms with Crippen molar-refractivity contribution >= 4 is 17.7 Å². The van der Waals surface area contributed by atoms with E-state index in [9.17, 15) is 9.18 Å². The van der Waals surface area contributed by atoms with Crippen LogP contribution in [0.3, 0.4) is 0 Å². The van der Waals surface area contributed by atoms with Gasteiger partial charge in [-0.2, -0.15) is 0 Å². The van der Waals surface area contributed by atoms with E-state index in [1.165, 1.54) is 6.07 Å². The van der Waals surface area contributed by atoms with Gasteiger partial charge in [-0.05, 0) is 30.5 Å². The first kappa shape index (κ1) is 15.6. The zero-order valence-corrected chi connectivity index (χ0v) is 12.9. The van der Waals surface area contributed by atoms with Crippen molar-refractivity contribution in [3.63, 3.8) is 0 Å². The molecule has 21 heavy (non-hydrogen) atoms. The highest BCUT2D eigenvalue weighted by atomic mass is 32.2. The first-order valence-corrected chi connectivity index (χ1v) is 7.57. The van der Waals surface area contributed by atoms with Crippen LogP contribution in [0.2, 0.25) is 0 Å². The Balaban J connectivity index is 2.52. The Hall–Kier alpha value is -1.82. The Morgan fingerprint density at radius 3 is 2.76 bits per heavy atom. The Morgan fingerprint density at radius 1 is 1.48 bits per heavy atom. The number of imidazole rings is 1. The summed E-state index contributed by atoms with van der Waals surface area (Å²) >= 11 is 1.09. The molecule has 0 aliphatic carbocycles. The molecule has 1 heterocycles. The number of carboxylic acids is 1. The van der Waals surface area contributed by atoms with Gasteiger partial charge in [-0.25, -0.2) is 9.37 Å².